The second-order valence-corrected chi connectivity index (χ2v) is 8.60. The van der Waals surface area contributed by atoms with Crippen LogP contribution in [-0.4, -0.2) is 67.7 Å². The van der Waals surface area contributed by atoms with Crippen LogP contribution in [-0.2, 0) is 16.0 Å². The Labute approximate surface area is 169 Å². The van der Waals surface area contributed by atoms with E-state index >= 15 is 0 Å². The number of hydrogen-bond donors (Lipinski definition) is 0. The summed E-state index contributed by atoms with van der Waals surface area (Å²) >= 11 is 0. The van der Waals surface area contributed by atoms with Crippen LogP contribution in [0.25, 0.3) is 0 Å². The first kappa shape index (κ1) is 19.7. The first-order valence-corrected chi connectivity index (χ1v) is 11.0. The molecule has 0 unspecified atom stereocenters. The standard InChI is InChI=1S/C23H34N2O3/c1-24-21-10-13-25(20-11-14-27-15-12-20)16-19(21)8-3-2-6-18-7-4-5-9-22(18)28-17-23(24)26/h4-5,7,9,19-21H,2-3,6,8,10-17H2,1H3/t19-,21+/m0/s1. The van der Waals surface area contributed by atoms with Crippen LogP contribution in [0.4, 0.5) is 0 Å². The molecule has 5 nitrogen and oxygen atoms in total. The van der Waals surface area contributed by atoms with E-state index in [2.05, 4.69) is 17.0 Å². The number of amides is 1. The molecule has 3 aliphatic heterocycles. The summed E-state index contributed by atoms with van der Waals surface area (Å²) in [6.07, 6.45) is 7.98. The largest absolute Gasteiger partial charge is 0.483 e. The van der Waals surface area contributed by atoms with Gasteiger partial charge in [0.05, 0.1) is 0 Å². The van der Waals surface area contributed by atoms with Gasteiger partial charge in [0, 0.05) is 45.4 Å². The molecule has 0 aromatic heterocycles. The number of nitrogens with zero attached hydrogens (tertiary/aromatic N) is 2. The Morgan fingerprint density at radius 1 is 1.04 bits per heavy atom. The highest BCUT2D eigenvalue weighted by molar-refractivity contribution is 5.78. The van der Waals surface area contributed by atoms with Crippen molar-refractivity contribution in [3.8, 4) is 5.75 Å². The molecule has 0 spiro atoms. The lowest BCUT2D eigenvalue weighted by atomic mass is 9.85. The average Bonchev–Trinajstić information content (AvgIpc) is 2.75. The molecule has 28 heavy (non-hydrogen) atoms. The maximum Gasteiger partial charge on any atom is 0.260 e. The summed E-state index contributed by atoms with van der Waals surface area (Å²) in [5, 5.41) is 0. The number of likely N-dealkylation sites (tertiary alicyclic amines) is 1. The monoisotopic (exact) mass is 386 g/mol. The molecule has 3 aliphatic rings. The topological polar surface area (TPSA) is 42.0 Å². The molecular formula is C23H34N2O3. The molecule has 2 fully saturated rings. The number of para-hydroxylation sites is 1. The molecule has 0 bridgehead atoms. The van der Waals surface area contributed by atoms with Gasteiger partial charge in [-0.1, -0.05) is 24.6 Å². The van der Waals surface area contributed by atoms with Crippen LogP contribution >= 0.6 is 0 Å². The Kier molecular flexibility index (Phi) is 6.53. The number of hydrogen-bond acceptors (Lipinski definition) is 4. The molecule has 1 aromatic rings. The highest BCUT2D eigenvalue weighted by Gasteiger charge is 2.36. The van der Waals surface area contributed by atoms with Crippen LogP contribution < -0.4 is 4.74 Å². The summed E-state index contributed by atoms with van der Waals surface area (Å²) in [7, 11) is 1.98. The second kappa shape index (κ2) is 9.27. The summed E-state index contributed by atoms with van der Waals surface area (Å²) < 4.78 is 11.5. The molecule has 4 rings (SSSR count). The predicted octanol–water partition coefficient (Wildman–Crippen LogP) is 3.12. The van der Waals surface area contributed by atoms with Gasteiger partial charge in [-0.05, 0) is 56.1 Å². The van der Waals surface area contributed by atoms with Crippen LogP contribution in [0.3, 0.4) is 0 Å². The molecule has 0 N–H and O–H groups in total. The minimum Gasteiger partial charge on any atom is -0.483 e. The zero-order valence-electron chi connectivity index (χ0n) is 17.1. The van der Waals surface area contributed by atoms with E-state index < -0.39 is 0 Å². The van der Waals surface area contributed by atoms with Gasteiger partial charge < -0.3 is 14.4 Å². The van der Waals surface area contributed by atoms with Gasteiger partial charge in [-0.3, -0.25) is 9.69 Å². The van der Waals surface area contributed by atoms with Crippen molar-refractivity contribution in [1.29, 1.82) is 0 Å². The number of fused-ring (bicyclic) bond motifs is 2. The van der Waals surface area contributed by atoms with E-state index in [1.54, 1.807) is 0 Å². The summed E-state index contributed by atoms with van der Waals surface area (Å²) in [6.45, 7) is 4.13. The minimum atomic E-state index is 0.102. The maximum absolute atomic E-state index is 12.8. The number of ether oxygens (including phenoxy) is 2. The van der Waals surface area contributed by atoms with Gasteiger partial charge in [0.1, 0.15) is 5.75 Å². The Bertz CT molecular complexity index is 659. The lowest BCUT2D eigenvalue weighted by Gasteiger charge is -2.46. The molecule has 154 valence electrons. The van der Waals surface area contributed by atoms with Crippen LogP contribution in [0.2, 0.25) is 0 Å². The van der Waals surface area contributed by atoms with Crippen molar-refractivity contribution in [2.45, 2.75) is 57.0 Å². The van der Waals surface area contributed by atoms with Crippen molar-refractivity contribution in [3.05, 3.63) is 29.8 Å². The van der Waals surface area contributed by atoms with Crippen molar-refractivity contribution in [2.24, 2.45) is 5.92 Å². The van der Waals surface area contributed by atoms with Crippen molar-refractivity contribution < 1.29 is 14.3 Å². The molecule has 1 amide bonds. The quantitative estimate of drug-likeness (QED) is 0.744. The zero-order valence-corrected chi connectivity index (χ0v) is 17.1. The Morgan fingerprint density at radius 2 is 1.86 bits per heavy atom. The van der Waals surface area contributed by atoms with Gasteiger partial charge in [-0.25, -0.2) is 0 Å². The summed E-state index contributed by atoms with van der Waals surface area (Å²) in [5.74, 6) is 1.53. The molecule has 2 saturated heterocycles. The highest BCUT2D eigenvalue weighted by Crippen LogP contribution is 2.31. The SMILES string of the molecule is CN1C(=O)COc2ccccc2CCCC[C@H]2CN(C3CCOCC3)CC[C@H]21. The van der Waals surface area contributed by atoms with Crippen LogP contribution in [0.5, 0.6) is 5.75 Å². The smallest absolute Gasteiger partial charge is 0.260 e. The number of likely N-dealkylation sites (N-methyl/N-ethyl adjacent to an activating group) is 1. The van der Waals surface area contributed by atoms with Gasteiger partial charge in [-0.15, -0.1) is 0 Å². The zero-order chi connectivity index (χ0) is 19.3. The second-order valence-electron chi connectivity index (χ2n) is 8.60. The molecule has 0 saturated carbocycles. The van der Waals surface area contributed by atoms with E-state index in [0.29, 0.717) is 18.0 Å². The van der Waals surface area contributed by atoms with Crippen molar-refractivity contribution in [3.63, 3.8) is 0 Å². The van der Waals surface area contributed by atoms with Crippen molar-refractivity contribution in [2.75, 3.05) is 40.0 Å². The van der Waals surface area contributed by atoms with Crippen LogP contribution in [0.1, 0.15) is 44.1 Å². The van der Waals surface area contributed by atoms with E-state index in [1.807, 2.05) is 24.1 Å². The summed E-state index contributed by atoms with van der Waals surface area (Å²) in [5.41, 5.74) is 1.22. The van der Waals surface area contributed by atoms with E-state index in [-0.39, 0.29) is 12.5 Å². The molecule has 2 atom stereocenters. The Balaban J connectivity index is 1.46. The van der Waals surface area contributed by atoms with Crippen LogP contribution in [0, 0.1) is 5.92 Å². The number of benzene rings is 1. The number of piperidine rings is 1. The molecular weight excluding hydrogens is 352 g/mol. The number of aryl methyl sites for hydroxylation is 1. The number of carbonyl (C=O) groups excluding carboxylic acids is 1. The van der Waals surface area contributed by atoms with E-state index in [4.69, 9.17) is 9.47 Å². The third kappa shape index (κ3) is 4.52. The Hall–Kier alpha value is -1.59. The fourth-order valence-corrected chi connectivity index (χ4v) is 5.22. The molecule has 0 radical (unpaired) electrons. The Morgan fingerprint density at radius 3 is 2.71 bits per heavy atom. The highest BCUT2D eigenvalue weighted by atomic mass is 16.5. The lowest BCUT2D eigenvalue weighted by molar-refractivity contribution is -0.137. The summed E-state index contributed by atoms with van der Waals surface area (Å²) in [6, 6.07) is 9.16. The third-order valence-corrected chi connectivity index (χ3v) is 6.92. The van der Waals surface area contributed by atoms with Crippen LogP contribution in [0.15, 0.2) is 24.3 Å². The van der Waals surface area contributed by atoms with Gasteiger partial charge in [0.25, 0.3) is 5.91 Å². The molecule has 0 aliphatic carbocycles. The first-order valence-electron chi connectivity index (χ1n) is 11.0. The van der Waals surface area contributed by atoms with Gasteiger partial charge in [0.15, 0.2) is 6.61 Å². The van der Waals surface area contributed by atoms with Gasteiger partial charge in [0.2, 0.25) is 0 Å². The average molecular weight is 387 g/mol. The lowest BCUT2D eigenvalue weighted by Crippen LogP contribution is -2.55. The van der Waals surface area contributed by atoms with E-state index in [1.165, 1.54) is 24.8 Å². The molecule has 5 heteroatoms. The predicted molar refractivity (Wildman–Crippen MR) is 110 cm³/mol. The minimum absolute atomic E-state index is 0.102. The van der Waals surface area contributed by atoms with E-state index in [0.717, 1.165) is 57.7 Å². The molecule has 1 aromatic carbocycles. The van der Waals surface area contributed by atoms with Gasteiger partial charge in [-0.2, -0.15) is 0 Å². The number of rotatable bonds is 1. The summed E-state index contributed by atoms with van der Waals surface area (Å²) in [4.78, 5) is 17.5. The maximum atomic E-state index is 12.8. The fourth-order valence-electron chi connectivity index (χ4n) is 5.22. The molecule has 3 heterocycles. The number of carbonyl (C=O) groups is 1. The van der Waals surface area contributed by atoms with Crippen molar-refractivity contribution >= 4 is 5.91 Å². The fraction of sp³-hybridized carbons (Fsp3) is 0.696. The van der Waals surface area contributed by atoms with E-state index in [9.17, 15) is 4.79 Å². The normalized spacial score (nSPS) is 28.5. The first-order chi connectivity index (χ1) is 13.7. The third-order valence-electron chi connectivity index (χ3n) is 6.92. The van der Waals surface area contributed by atoms with Crippen molar-refractivity contribution in [1.82, 2.24) is 9.80 Å². The van der Waals surface area contributed by atoms with Gasteiger partial charge >= 0.3 is 0 Å².